The van der Waals surface area contributed by atoms with Crippen molar-refractivity contribution in [3.05, 3.63) is 22.4 Å². The lowest BCUT2D eigenvalue weighted by Gasteiger charge is -2.11. The summed E-state index contributed by atoms with van der Waals surface area (Å²) in [7, 11) is 0. The summed E-state index contributed by atoms with van der Waals surface area (Å²) in [4.78, 5) is 13.1. The van der Waals surface area contributed by atoms with Crippen molar-refractivity contribution in [1.82, 2.24) is 10.6 Å². The first-order valence-electron chi connectivity index (χ1n) is 7.37. The first-order valence-corrected chi connectivity index (χ1v) is 8.25. The third kappa shape index (κ3) is 6.73. The van der Waals surface area contributed by atoms with Crippen molar-refractivity contribution in [3.8, 4) is 0 Å². The summed E-state index contributed by atoms with van der Waals surface area (Å²) < 4.78 is 0. The molecule has 0 spiro atoms. The minimum Gasteiger partial charge on any atom is -0.355 e. The normalized spacial score (nSPS) is 17.7. The van der Waals surface area contributed by atoms with Gasteiger partial charge in [0.25, 0.3) is 0 Å². The summed E-state index contributed by atoms with van der Waals surface area (Å²) >= 11 is 1.82. The van der Waals surface area contributed by atoms with E-state index in [0.29, 0.717) is 12.5 Å². The van der Waals surface area contributed by atoms with Crippen LogP contribution in [0, 0.1) is 0 Å². The van der Waals surface area contributed by atoms with Crippen LogP contribution in [0.4, 0.5) is 0 Å². The van der Waals surface area contributed by atoms with E-state index < -0.39 is 0 Å². The molecule has 0 radical (unpaired) electrons. The van der Waals surface area contributed by atoms with E-state index in [1.54, 1.807) is 0 Å². The molecule has 0 aromatic carbocycles. The van der Waals surface area contributed by atoms with Crippen molar-refractivity contribution >= 4 is 29.7 Å². The first kappa shape index (κ1) is 17.5. The highest BCUT2D eigenvalue weighted by Crippen LogP contribution is 2.13. The van der Waals surface area contributed by atoms with Crippen LogP contribution in [0.2, 0.25) is 0 Å². The Morgan fingerprint density at radius 1 is 1.40 bits per heavy atom. The Hall–Kier alpha value is -0.580. The van der Waals surface area contributed by atoms with Gasteiger partial charge in [-0.1, -0.05) is 12.5 Å². The summed E-state index contributed by atoms with van der Waals surface area (Å²) in [6, 6.07) is 4.79. The lowest BCUT2D eigenvalue weighted by atomic mass is 10.1. The molecule has 1 unspecified atom stereocenters. The van der Waals surface area contributed by atoms with Crippen LogP contribution in [0.3, 0.4) is 0 Å². The molecular formula is C15H25ClN2OS. The van der Waals surface area contributed by atoms with E-state index in [1.165, 1.54) is 24.1 Å². The highest BCUT2D eigenvalue weighted by Gasteiger charge is 2.14. The molecule has 1 aromatic heterocycles. The van der Waals surface area contributed by atoms with E-state index in [4.69, 9.17) is 0 Å². The van der Waals surface area contributed by atoms with E-state index in [9.17, 15) is 4.79 Å². The predicted octanol–water partition coefficient (Wildman–Crippen LogP) is 3.14. The van der Waals surface area contributed by atoms with Crippen LogP contribution in [0.5, 0.6) is 0 Å². The largest absolute Gasteiger partial charge is 0.355 e. The Balaban J connectivity index is 0.00000200. The quantitative estimate of drug-likeness (QED) is 0.723. The number of unbranched alkanes of at least 4 members (excludes halogenated alkanes) is 2. The molecule has 0 saturated carbocycles. The molecule has 1 saturated heterocycles. The zero-order valence-electron chi connectivity index (χ0n) is 11.9. The maximum Gasteiger partial charge on any atom is 0.220 e. The summed E-state index contributed by atoms with van der Waals surface area (Å²) in [5.74, 6) is 0.213. The Morgan fingerprint density at radius 3 is 3.00 bits per heavy atom. The number of halogens is 1. The fraction of sp³-hybridized carbons (Fsp3) is 0.667. The lowest BCUT2D eigenvalue weighted by Crippen LogP contribution is -2.37. The monoisotopic (exact) mass is 316 g/mol. The molecule has 1 aromatic rings. The Labute approximate surface area is 131 Å². The van der Waals surface area contributed by atoms with Crippen molar-refractivity contribution in [2.45, 2.75) is 51.0 Å². The number of hydrogen-bond acceptors (Lipinski definition) is 3. The van der Waals surface area contributed by atoms with E-state index in [0.717, 1.165) is 32.4 Å². The molecule has 3 nitrogen and oxygen atoms in total. The molecule has 1 aliphatic heterocycles. The van der Waals surface area contributed by atoms with Crippen LogP contribution in [-0.4, -0.2) is 25.0 Å². The van der Waals surface area contributed by atoms with Crippen molar-refractivity contribution < 1.29 is 4.79 Å². The van der Waals surface area contributed by atoms with Crippen molar-refractivity contribution in [3.63, 3.8) is 0 Å². The Kier molecular flexibility index (Phi) is 8.90. The molecule has 1 aliphatic rings. The van der Waals surface area contributed by atoms with Gasteiger partial charge in [0.2, 0.25) is 5.91 Å². The van der Waals surface area contributed by atoms with Gasteiger partial charge in [-0.2, -0.15) is 0 Å². The van der Waals surface area contributed by atoms with Gasteiger partial charge in [0.1, 0.15) is 0 Å². The Bertz CT molecular complexity index is 364. The van der Waals surface area contributed by atoms with Gasteiger partial charge in [-0.25, -0.2) is 0 Å². The standard InChI is InChI=1S/C15H24N2OS.ClH/c18-15(17-12-13-6-4-10-16-13)9-3-1-2-7-14-8-5-11-19-14;/h5,8,11,13,16H,1-4,6-7,9-10,12H2,(H,17,18);1H. The molecule has 20 heavy (non-hydrogen) atoms. The molecule has 2 heterocycles. The lowest BCUT2D eigenvalue weighted by molar-refractivity contribution is -0.121. The number of thiophene rings is 1. The number of rotatable bonds is 8. The topological polar surface area (TPSA) is 41.1 Å². The van der Waals surface area contributed by atoms with Crippen LogP contribution in [0.15, 0.2) is 17.5 Å². The molecule has 114 valence electrons. The SMILES string of the molecule is Cl.O=C(CCCCCc1cccs1)NCC1CCCN1. The second-order valence-electron chi connectivity index (χ2n) is 5.24. The second-order valence-corrected chi connectivity index (χ2v) is 6.27. The minimum atomic E-state index is 0. The second kappa shape index (κ2) is 10.2. The first-order chi connectivity index (χ1) is 9.34. The minimum absolute atomic E-state index is 0. The molecule has 1 fully saturated rings. The summed E-state index contributed by atoms with van der Waals surface area (Å²) in [6.07, 6.45) is 7.62. The molecule has 0 bridgehead atoms. The third-order valence-corrected chi connectivity index (χ3v) is 4.55. The number of carbonyl (C=O) groups is 1. The zero-order chi connectivity index (χ0) is 13.3. The van der Waals surface area contributed by atoms with Gasteiger partial charge in [0.05, 0.1) is 0 Å². The third-order valence-electron chi connectivity index (χ3n) is 3.62. The van der Waals surface area contributed by atoms with Gasteiger partial charge in [-0.3, -0.25) is 4.79 Å². The molecule has 1 amide bonds. The zero-order valence-corrected chi connectivity index (χ0v) is 13.5. The van der Waals surface area contributed by atoms with Crippen LogP contribution in [-0.2, 0) is 11.2 Å². The van der Waals surface area contributed by atoms with Gasteiger partial charge in [-0.15, -0.1) is 23.7 Å². The Morgan fingerprint density at radius 2 is 2.30 bits per heavy atom. The summed E-state index contributed by atoms with van der Waals surface area (Å²) in [5.41, 5.74) is 0. The smallest absolute Gasteiger partial charge is 0.220 e. The molecule has 2 rings (SSSR count). The molecular weight excluding hydrogens is 292 g/mol. The van der Waals surface area contributed by atoms with Crippen LogP contribution in [0.25, 0.3) is 0 Å². The van der Waals surface area contributed by atoms with Gasteiger partial charge in [0.15, 0.2) is 0 Å². The number of amides is 1. The van der Waals surface area contributed by atoms with Crippen LogP contribution in [0.1, 0.15) is 43.4 Å². The van der Waals surface area contributed by atoms with Crippen molar-refractivity contribution in [2.75, 3.05) is 13.1 Å². The average molecular weight is 317 g/mol. The summed E-state index contributed by atoms with van der Waals surface area (Å²) in [6.45, 7) is 1.90. The maximum absolute atomic E-state index is 11.7. The van der Waals surface area contributed by atoms with Crippen molar-refractivity contribution in [1.29, 1.82) is 0 Å². The number of nitrogens with one attached hydrogen (secondary N) is 2. The molecule has 2 N–H and O–H groups in total. The number of hydrogen-bond donors (Lipinski definition) is 2. The fourth-order valence-corrected chi connectivity index (χ4v) is 3.22. The highest BCUT2D eigenvalue weighted by atomic mass is 35.5. The van der Waals surface area contributed by atoms with E-state index in [2.05, 4.69) is 28.1 Å². The molecule has 0 aliphatic carbocycles. The number of carbonyl (C=O) groups excluding carboxylic acids is 1. The number of aryl methyl sites for hydroxylation is 1. The predicted molar refractivity (Wildman–Crippen MR) is 87.8 cm³/mol. The summed E-state index contributed by atoms with van der Waals surface area (Å²) in [5, 5.41) is 8.54. The maximum atomic E-state index is 11.7. The van der Waals surface area contributed by atoms with Crippen LogP contribution >= 0.6 is 23.7 Å². The van der Waals surface area contributed by atoms with E-state index in [-0.39, 0.29) is 18.3 Å². The van der Waals surface area contributed by atoms with Gasteiger partial charge in [-0.05, 0) is 50.1 Å². The van der Waals surface area contributed by atoms with E-state index in [1.807, 2.05) is 11.3 Å². The molecule has 1 atom stereocenters. The van der Waals surface area contributed by atoms with Gasteiger partial charge >= 0.3 is 0 Å². The van der Waals surface area contributed by atoms with Crippen molar-refractivity contribution in [2.24, 2.45) is 0 Å². The average Bonchev–Trinajstić information content (AvgIpc) is 3.09. The van der Waals surface area contributed by atoms with Gasteiger partial charge in [0, 0.05) is 23.9 Å². The fourth-order valence-electron chi connectivity index (χ4n) is 2.47. The van der Waals surface area contributed by atoms with Gasteiger partial charge < -0.3 is 10.6 Å². The molecule has 5 heteroatoms. The van der Waals surface area contributed by atoms with Crippen LogP contribution < -0.4 is 10.6 Å². The highest BCUT2D eigenvalue weighted by molar-refractivity contribution is 7.09. The van der Waals surface area contributed by atoms with E-state index >= 15 is 0 Å².